The maximum absolute atomic E-state index is 5.92. The molecule has 0 unspecified atom stereocenters. The van der Waals surface area contributed by atoms with Crippen molar-refractivity contribution in [3.05, 3.63) is 33.8 Å². The number of halogens is 2. The van der Waals surface area contributed by atoms with Crippen LogP contribution in [0.2, 0.25) is 10.0 Å². The molecule has 0 heterocycles. The van der Waals surface area contributed by atoms with Crippen molar-refractivity contribution < 1.29 is 0 Å². The molecule has 0 saturated heterocycles. The van der Waals surface area contributed by atoms with Gasteiger partial charge in [-0.05, 0) is 12.1 Å². The van der Waals surface area contributed by atoms with Crippen LogP contribution in [0.4, 0.5) is 0 Å². The molecule has 1 rings (SSSR count). The van der Waals surface area contributed by atoms with E-state index >= 15 is 0 Å². The molecule has 0 aromatic heterocycles. The zero-order valence-corrected chi connectivity index (χ0v) is 8.97. The highest BCUT2D eigenvalue weighted by Crippen LogP contribution is 2.22. The van der Waals surface area contributed by atoms with Crippen LogP contribution in [0.15, 0.2) is 23.3 Å². The third-order valence-electron chi connectivity index (χ3n) is 1.42. The van der Waals surface area contributed by atoms with E-state index < -0.39 is 0 Å². The first-order valence-corrected chi connectivity index (χ1v) is 4.52. The molecule has 4 heteroatoms. The Morgan fingerprint density at radius 3 is 2.23 bits per heavy atom. The monoisotopic (exact) mass is 216 g/mol. The normalized spacial score (nSPS) is 10.8. The molecule has 0 aliphatic carbocycles. The zero-order chi connectivity index (χ0) is 9.84. The molecule has 0 radical (unpaired) electrons. The lowest BCUT2D eigenvalue weighted by atomic mass is 10.2. The van der Waals surface area contributed by atoms with E-state index in [2.05, 4.69) is 5.10 Å². The van der Waals surface area contributed by atoms with Gasteiger partial charge in [0.1, 0.15) is 0 Å². The Kier molecular flexibility index (Phi) is 3.58. The van der Waals surface area contributed by atoms with Gasteiger partial charge in [-0.3, -0.25) is 0 Å². The molecule has 1 aromatic rings. The number of hydrazone groups is 1. The quantitative estimate of drug-likeness (QED) is 0.549. The van der Waals surface area contributed by atoms with Gasteiger partial charge in [0, 0.05) is 19.7 Å². The lowest BCUT2D eigenvalue weighted by Crippen LogP contribution is -2.02. The standard InChI is InChI=1S/C9H10Cl2N2/c1-13(2)12-6-7-8(10)4-3-5-9(7)11/h3-6H,1-2H3/b12-6-. The van der Waals surface area contributed by atoms with Crippen molar-refractivity contribution >= 4 is 29.4 Å². The SMILES string of the molecule is CN(C)/N=C\c1c(Cl)cccc1Cl. The summed E-state index contributed by atoms with van der Waals surface area (Å²) in [4.78, 5) is 0. The first-order chi connectivity index (χ1) is 6.11. The molecule has 2 nitrogen and oxygen atoms in total. The van der Waals surface area contributed by atoms with Gasteiger partial charge in [-0.2, -0.15) is 5.10 Å². The highest BCUT2D eigenvalue weighted by molar-refractivity contribution is 6.38. The van der Waals surface area contributed by atoms with Crippen molar-refractivity contribution in [3.63, 3.8) is 0 Å². The Hall–Kier alpha value is -0.730. The van der Waals surface area contributed by atoms with Gasteiger partial charge in [-0.25, -0.2) is 0 Å². The van der Waals surface area contributed by atoms with Gasteiger partial charge >= 0.3 is 0 Å². The van der Waals surface area contributed by atoms with Crippen LogP contribution < -0.4 is 0 Å². The molecule has 0 bridgehead atoms. The van der Waals surface area contributed by atoms with Crippen LogP contribution in [0.25, 0.3) is 0 Å². The molecule has 13 heavy (non-hydrogen) atoms. The fourth-order valence-corrected chi connectivity index (χ4v) is 1.30. The molecule has 0 aliphatic rings. The summed E-state index contributed by atoms with van der Waals surface area (Å²) in [6, 6.07) is 5.37. The van der Waals surface area contributed by atoms with Crippen LogP contribution in [-0.4, -0.2) is 25.3 Å². The largest absolute Gasteiger partial charge is 0.303 e. The summed E-state index contributed by atoms with van der Waals surface area (Å²) >= 11 is 11.8. The average Bonchev–Trinajstić information content (AvgIpc) is 2.03. The van der Waals surface area contributed by atoms with Crippen LogP contribution in [0.3, 0.4) is 0 Å². The summed E-state index contributed by atoms with van der Waals surface area (Å²) in [7, 11) is 3.67. The molecule has 0 amide bonds. The number of benzene rings is 1. The van der Waals surface area contributed by atoms with E-state index in [0.29, 0.717) is 10.0 Å². The lowest BCUT2D eigenvalue weighted by Gasteiger charge is -2.04. The molecule has 0 N–H and O–H groups in total. The van der Waals surface area contributed by atoms with Crippen molar-refractivity contribution in [2.75, 3.05) is 14.1 Å². The summed E-state index contributed by atoms with van der Waals surface area (Å²) in [5.41, 5.74) is 0.750. The maximum atomic E-state index is 5.92. The van der Waals surface area contributed by atoms with Crippen molar-refractivity contribution in [3.8, 4) is 0 Å². The summed E-state index contributed by atoms with van der Waals surface area (Å²) in [6.45, 7) is 0. The second-order valence-electron chi connectivity index (χ2n) is 2.73. The predicted octanol–water partition coefficient (Wildman–Crippen LogP) is 2.89. The van der Waals surface area contributed by atoms with Gasteiger partial charge in [0.2, 0.25) is 0 Å². The second kappa shape index (κ2) is 4.49. The molecule has 0 saturated carbocycles. The molecule has 70 valence electrons. The van der Waals surface area contributed by atoms with Gasteiger partial charge in [0.15, 0.2) is 0 Å². The van der Waals surface area contributed by atoms with Crippen molar-refractivity contribution in [1.29, 1.82) is 0 Å². The van der Waals surface area contributed by atoms with Gasteiger partial charge < -0.3 is 5.01 Å². The molecule has 0 atom stereocenters. The van der Waals surface area contributed by atoms with Crippen LogP contribution in [0.5, 0.6) is 0 Å². The van der Waals surface area contributed by atoms with Crippen LogP contribution in [-0.2, 0) is 0 Å². The van der Waals surface area contributed by atoms with E-state index in [4.69, 9.17) is 23.2 Å². The average molecular weight is 217 g/mol. The minimum atomic E-state index is 0.609. The number of hydrogen-bond donors (Lipinski definition) is 0. The number of nitrogens with zero attached hydrogens (tertiary/aromatic N) is 2. The van der Waals surface area contributed by atoms with Gasteiger partial charge in [0.05, 0.1) is 16.3 Å². The summed E-state index contributed by atoms with van der Waals surface area (Å²) in [6.07, 6.45) is 1.64. The van der Waals surface area contributed by atoms with Gasteiger partial charge in [-0.15, -0.1) is 0 Å². The van der Waals surface area contributed by atoms with Crippen LogP contribution in [0, 0.1) is 0 Å². The summed E-state index contributed by atoms with van der Waals surface area (Å²) in [5, 5.41) is 6.95. The fourth-order valence-electron chi connectivity index (χ4n) is 0.807. The summed E-state index contributed by atoms with van der Waals surface area (Å²) in [5.74, 6) is 0. The van der Waals surface area contributed by atoms with E-state index in [-0.39, 0.29) is 0 Å². The topological polar surface area (TPSA) is 15.6 Å². The number of hydrogen-bond acceptors (Lipinski definition) is 2. The first kappa shape index (κ1) is 10.4. The van der Waals surface area contributed by atoms with Crippen LogP contribution in [0.1, 0.15) is 5.56 Å². The third kappa shape index (κ3) is 2.90. The van der Waals surface area contributed by atoms with Crippen LogP contribution >= 0.6 is 23.2 Å². The molecular weight excluding hydrogens is 207 g/mol. The van der Waals surface area contributed by atoms with Crippen molar-refractivity contribution in [1.82, 2.24) is 5.01 Å². The smallest absolute Gasteiger partial charge is 0.0572 e. The molecule has 0 fully saturated rings. The zero-order valence-electron chi connectivity index (χ0n) is 7.46. The highest BCUT2D eigenvalue weighted by atomic mass is 35.5. The molecule has 0 aliphatic heterocycles. The molecule has 0 spiro atoms. The van der Waals surface area contributed by atoms with Gasteiger partial charge in [0.25, 0.3) is 0 Å². The Morgan fingerprint density at radius 2 is 1.77 bits per heavy atom. The Balaban J connectivity index is 3.00. The fraction of sp³-hybridized carbons (Fsp3) is 0.222. The summed E-state index contributed by atoms with van der Waals surface area (Å²) < 4.78 is 0. The number of rotatable bonds is 2. The minimum Gasteiger partial charge on any atom is -0.303 e. The maximum Gasteiger partial charge on any atom is 0.0572 e. The van der Waals surface area contributed by atoms with E-state index in [1.165, 1.54) is 0 Å². The molecule has 1 aromatic carbocycles. The Morgan fingerprint density at radius 1 is 1.23 bits per heavy atom. The first-order valence-electron chi connectivity index (χ1n) is 3.76. The van der Waals surface area contributed by atoms with E-state index in [1.807, 2.05) is 14.1 Å². The van der Waals surface area contributed by atoms with Gasteiger partial charge in [-0.1, -0.05) is 29.3 Å². The van der Waals surface area contributed by atoms with Crippen molar-refractivity contribution in [2.45, 2.75) is 0 Å². The second-order valence-corrected chi connectivity index (χ2v) is 3.54. The van der Waals surface area contributed by atoms with Crippen molar-refractivity contribution in [2.24, 2.45) is 5.10 Å². The predicted molar refractivity (Wildman–Crippen MR) is 57.7 cm³/mol. The minimum absolute atomic E-state index is 0.609. The third-order valence-corrected chi connectivity index (χ3v) is 2.08. The molecular formula is C9H10Cl2N2. The Bertz CT molecular complexity index is 301. The lowest BCUT2D eigenvalue weighted by molar-refractivity contribution is 0.440. The van der Waals surface area contributed by atoms with E-state index in [1.54, 1.807) is 29.4 Å². The highest BCUT2D eigenvalue weighted by Gasteiger charge is 2.01. The van der Waals surface area contributed by atoms with E-state index in [9.17, 15) is 0 Å². The Labute approximate surface area is 87.8 Å². The van der Waals surface area contributed by atoms with E-state index in [0.717, 1.165) is 5.56 Å².